The molecule has 0 bridgehead atoms. The van der Waals surface area contributed by atoms with Gasteiger partial charge in [-0.25, -0.2) is 8.42 Å². The molecular weight excluding hydrogens is 352 g/mol. The van der Waals surface area contributed by atoms with E-state index in [0.29, 0.717) is 37.3 Å². The second kappa shape index (κ2) is 7.20. The molecule has 1 aliphatic heterocycles. The van der Waals surface area contributed by atoms with Crippen LogP contribution in [0.3, 0.4) is 0 Å². The fourth-order valence-corrected chi connectivity index (χ4v) is 5.18. The van der Waals surface area contributed by atoms with E-state index < -0.39 is 10.0 Å². The van der Waals surface area contributed by atoms with Gasteiger partial charge in [-0.15, -0.1) is 0 Å². The molecule has 2 N–H and O–H groups in total. The first-order valence-electron chi connectivity index (χ1n) is 8.68. The number of benzene rings is 1. The van der Waals surface area contributed by atoms with Crippen LogP contribution in [0.4, 0.5) is 5.69 Å². The molecule has 0 unspecified atom stereocenters. The summed E-state index contributed by atoms with van der Waals surface area (Å²) in [4.78, 5) is 12.7. The maximum Gasteiger partial charge on any atom is 0.246 e. The van der Waals surface area contributed by atoms with Crippen molar-refractivity contribution in [2.45, 2.75) is 38.5 Å². The van der Waals surface area contributed by atoms with Gasteiger partial charge >= 0.3 is 0 Å². The van der Waals surface area contributed by atoms with E-state index in [1.165, 1.54) is 4.31 Å². The molecule has 26 heavy (non-hydrogen) atoms. The Morgan fingerprint density at radius 1 is 1.23 bits per heavy atom. The number of nitrogens with zero attached hydrogens (tertiary/aromatic N) is 2. The first-order valence-corrected chi connectivity index (χ1v) is 10.1. The topological polar surface area (TPSA) is 95.2 Å². The lowest BCUT2D eigenvalue weighted by molar-refractivity contribution is -0.120. The van der Waals surface area contributed by atoms with Gasteiger partial charge in [-0.2, -0.15) is 9.40 Å². The van der Waals surface area contributed by atoms with Crippen LogP contribution in [0, 0.1) is 26.7 Å². The Balaban J connectivity index is 1.65. The fraction of sp³-hybridized carbons (Fsp3) is 0.444. The van der Waals surface area contributed by atoms with Crippen molar-refractivity contribution in [2.75, 3.05) is 18.4 Å². The van der Waals surface area contributed by atoms with E-state index in [1.54, 1.807) is 13.8 Å². The Bertz CT molecular complexity index is 893. The van der Waals surface area contributed by atoms with Crippen molar-refractivity contribution in [2.24, 2.45) is 5.92 Å². The number of carbonyl (C=O) groups is 1. The maximum absolute atomic E-state index is 12.9. The summed E-state index contributed by atoms with van der Waals surface area (Å²) in [5.74, 6) is -0.239. The smallest absolute Gasteiger partial charge is 0.246 e. The number of aryl methyl sites for hydroxylation is 3. The van der Waals surface area contributed by atoms with Gasteiger partial charge in [0.2, 0.25) is 15.9 Å². The van der Waals surface area contributed by atoms with Crippen LogP contribution in [0.25, 0.3) is 0 Å². The summed E-state index contributed by atoms with van der Waals surface area (Å²) in [6.07, 6.45) is 1.01. The van der Waals surface area contributed by atoms with Crippen molar-refractivity contribution in [3.63, 3.8) is 0 Å². The van der Waals surface area contributed by atoms with Gasteiger partial charge < -0.3 is 5.32 Å². The average molecular weight is 376 g/mol. The molecule has 8 heteroatoms. The SMILES string of the molecule is Cc1cccc(NC(=O)C2CCN(S(=O)(=O)c3c(C)n[nH]c3C)CC2)c1. The van der Waals surface area contributed by atoms with Gasteiger partial charge in [0.1, 0.15) is 4.90 Å². The van der Waals surface area contributed by atoms with Gasteiger partial charge in [0.15, 0.2) is 0 Å². The van der Waals surface area contributed by atoms with Gasteiger partial charge in [0.25, 0.3) is 0 Å². The molecule has 140 valence electrons. The highest BCUT2D eigenvalue weighted by atomic mass is 32.2. The molecule has 0 aliphatic carbocycles. The predicted octanol–water partition coefficient (Wildman–Crippen LogP) is 2.37. The number of sulfonamides is 1. The third kappa shape index (κ3) is 3.66. The van der Waals surface area contributed by atoms with E-state index in [9.17, 15) is 13.2 Å². The number of anilines is 1. The highest BCUT2D eigenvalue weighted by Crippen LogP contribution is 2.27. The van der Waals surface area contributed by atoms with Gasteiger partial charge in [-0.05, 0) is 51.3 Å². The zero-order valence-corrected chi connectivity index (χ0v) is 16.1. The fourth-order valence-electron chi connectivity index (χ4n) is 3.38. The lowest BCUT2D eigenvalue weighted by Crippen LogP contribution is -2.41. The van der Waals surface area contributed by atoms with Gasteiger partial charge in [-0.1, -0.05) is 12.1 Å². The molecule has 0 atom stereocenters. The average Bonchev–Trinajstić information content (AvgIpc) is 2.94. The molecule has 1 aromatic carbocycles. The number of carbonyl (C=O) groups excluding carboxylic acids is 1. The quantitative estimate of drug-likeness (QED) is 0.856. The van der Waals surface area contributed by atoms with Crippen LogP contribution in [0.15, 0.2) is 29.2 Å². The largest absolute Gasteiger partial charge is 0.326 e. The van der Waals surface area contributed by atoms with E-state index in [0.717, 1.165) is 11.3 Å². The Morgan fingerprint density at radius 3 is 2.50 bits per heavy atom. The van der Waals surface area contributed by atoms with Gasteiger partial charge in [0, 0.05) is 24.7 Å². The molecule has 3 rings (SSSR count). The number of hydrogen-bond donors (Lipinski definition) is 2. The Morgan fingerprint density at radius 2 is 1.92 bits per heavy atom. The van der Waals surface area contributed by atoms with E-state index >= 15 is 0 Å². The molecule has 0 spiro atoms. The Labute approximate surface area is 153 Å². The normalized spacial score (nSPS) is 16.6. The Kier molecular flexibility index (Phi) is 5.15. The van der Waals surface area contributed by atoms with Crippen LogP contribution in [0.5, 0.6) is 0 Å². The zero-order valence-electron chi connectivity index (χ0n) is 15.2. The van der Waals surface area contributed by atoms with Crippen LogP contribution in [-0.4, -0.2) is 41.9 Å². The summed E-state index contributed by atoms with van der Waals surface area (Å²) in [6.45, 7) is 6.02. The molecule has 2 aromatic rings. The van der Waals surface area contributed by atoms with E-state index in [4.69, 9.17) is 0 Å². The molecule has 2 heterocycles. The molecule has 1 aliphatic rings. The highest BCUT2D eigenvalue weighted by Gasteiger charge is 2.34. The van der Waals surface area contributed by atoms with Gasteiger partial charge in [-0.3, -0.25) is 9.89 Å². The highest BCUT2D eigenvalue weighted by molar-refractivity contribution is 7.89. The van der Waals surface area contributed by atoms with Crippen LogP contribution < -0.4 is 5.32 Å². The minimum Gasteiger partial charge on any atom is -0.326 e. The number of rotatable bonds is 4. The first-order chi connectivity index (χ1) is 12.3. The van der Waals surface area contributed by atoms with Gasteiger partial charge in [0.05, 0.1) is 11.4 Å². The first kappa shape index (κ1) is 18.6. The van der Waals surface area contributed by atoms with Crippen LogP contribution in [0.1, 0.15) is 29.8 Å². The van der Waals surface area contributed by atoms with E-state index in [1.807, 2.05) is 31.2 Å². The number of aromatic nitrogens is 2. The summed E-state index contributed by atoms with van der Waals surface area (Å²) >= 11 is 0. The minimum atomic E-state index is -3.59. The van der Waals surface area contributed by atoms with Crippen molar-refractivity contribution in [1.82, 2.24) is 14.5 Å². The second-order valence-corrected chi connectivity index (χ2v) is 8.68. The zero-order chi connectivity index (χ0) is 18.9. The van der Waals surface area contributed by atoms with E-state index in [2.05, 4.69) is 15.5 Å². The molecular formula is C18H24N4O3S. The molecule has 1 amide bonds. The molecule has 7 nitrogen and oxygen atoms in total. The van der Waals surface area contributed by atoms with Crippen molar-refractivity contribution in [3.05, 3.63) is 41.2 Å². The molecule has 1 saturated heterocycles. The second-order valence-electron chi connectivity index (χ2n) is 6.80. The molecule has 1 aromatic heterocycles. The van der Waals surface area contributed by atoms with Crippen molar-refractivity contribution in [1.29, 1.82) is 0 Å². The standard InChI is InChI=1S/C18H24N4O3S/c1-12-5-4-6-16(11-12)19-18(23)15-7-9-22(10-8-15)26(24,25)17-13(2)20-21-14(17)3/h4-6,11,15H,7-10H2,1-3H3,(H,19,23)(H,20,21). The van der Waals surface area contributed by atoms with Crippen LogP contribution in [0.2, 0.25) is 0 Å². The maximum atomic E-state index is 12.9. The summed E-state index contributed by atoms with van der Waals surface area (Å²) in [5, 5.41) is 9.63. The number of amides is 1. The third-order valence-corrected chi connectivity index (χ3v) is 6.93. The molecule has 0 saturated carbocycles. The van der Waals surface area contributed by atoms with Crippen LogP contribution >= 0.6 is 0 Å². The van der Waals surface area contributed by atoms with Crippen molar-refractivity contribution in [3.8, 4) is 0 Å². The minimum absolute atomic E-state index is 0.0525. The lowest BCUT2D eigenvalue weighted by Gasteiger charge is -2.30. The molecule has 1 fully saturated rings. The monoisotopic (exact) mass is 376 g/mol. The molecule has 0 radical (unpaired) electrons. The summed E-state index contributed by atoms with van der Waals surface area (Å²) < 4.78 is 27.2. The number of H-pyrrole nitrogens is 1. The number of nitrogens with one attached hydrogen (secondary N) is 2. The Hall–Kier alpha value is -2.19. The van der Waals surface area contributed by atoms with Crippen molar-refractivity contribution >= 4 is 21.6 Å². The summed E-state index contributed by atoms with van der Waals surface area (Å²) in [6, 6.07) is 7.64. The van der Waals surface area contributed by atoms with Crippen LogP contribution in [-0.2, 0) is 14.8 Å². The summed E-state index contributed by atoms with van der Waals surface area (Å²) in [5.41, 5.74) is 2.87. The van der Waals surface area contributed by atoms with E-state index in [-0.39, 0.29) is 16.7 Å². The predicted molar refractivity (Wildman–Crippen MR) is 99.4 cm³/mol. The third-order valence-electron chi connectivity index (χ3n) is 4.77. The summed E-state index contributed by atoms with van der Waals surface area (Å²) in [7, 11) is -3.59. The number of piperidine rings is 1. The number of aromatic amines is 1. The number of hydrogen-bond acceptors (Lipinski definition) is 4. The van der Waals surface area contributed by atoms with Crippen molar-refractivity contribution < 1.29 is 13.2 Å². The lowest BCUT2D eigenvalue weighted by atomic mass is 9.97.